The van der Waals surface area contributed by atoms with Crippen molar-refractivity contribution in [1.29, 1.82) is 0 Å². The van der Waals surface area contributed by atoms with Crippen LogP contribution in [0.2, 0.25) is 0 Å². The molecular formula is C37H61N2O+. The molecule has 0 aliphatic heterocycles. The molecule has 0 aliphatic rings. The van der Waals surface area contributed by atoms with Crippen LogP contribution in [0.25, 0.3) is 12.2 Å². The van der Waals surface area contributed by atoms with Crippen LogP contribution >= 0.6 is 0 Å². The topological polar surface area (TPSA) is 22.1 Å². The average molecular weight is 550 g/mol. The van der Waals surface area contributed by atoms with E-state index in [1.807, 2.05) is 24.5 Å². The van der Waals surface area contributed by atoms with Gasteiger partial charge < -0.3 is 9.22 Å². The zero-order valence-electron chi connectivity index (χ0n) is 26.4. The lowest BCUT2D eigenvalue weighted by atomic mass is 10.1. The van der Waals surface area contributed by atoms with E-state index in [-0.39, 0.29) is 0 Å². The molecule has 40 heavy (non-hydrogen) atoms. The van der Waals surface area contributed by atoms with Crippen molar-refractivity contribution in [3.05, 3.63) is 59.9 Å². The Balaban J connectivity index is 1.36. The van der Waals surface area contributed by atoms with Crippen LogP contribution in [0.5, 0.6) is 5.75 Å². The van der Waals surface area contributed by atoms with Crippen molar-refractivity contribution < 1.29 is 9.22 Å². The third-order valence-electron chi connectivity index (χ3n) is 8.10. The molecule has 2 aromatic rings. The maximum atomic E-state index is 5.95. The molecule has 0 bridgehead atoms. The van der Waals surface area contributed by atoms with E-state index in [0.29, 0.717) is 0 Å². The van der Waals surface area contributed by atoms with Gasteiger partial charge in [0.2, 0.25) is 0 Å². The van der Waals surface area contributed by atoms with Crippen LogP contribution in [0, 0.1) is 0 Å². The van der Waals surface area contributed by atoms with Gasteiger partial charge in [-0.3, -0.25) is 4.98 Å². The van der Waals surface area contributed by atoms with E-state index in [1.54, 1.807) is 0 Å². The van der Waals surface area contributed by atoms with Crippen LogP contribution in [0.4, 0.5) is 0 Å². The molecule has 0 spiro atoms. The van der Waals surface area contributed by atoms with Gasteiger partial charge in [0.15, 0.2) is 0 Å². The van der Waals surface area contributed by atoms with Crippen molar-refractivity contribution in [3.63, 3.8) is 0 Å². The number of unbranched alkanes of at least 4 members (excludes halogenated alkanes) is 16. The Kier molecular flexibility index (Phi) is 19.2. The highest BCUT2D eigenvalue weighted by Gasteiger charge is 2.13. The third kappa shape index (κ3) is 18.3. The molecule has 3 nitrogen and oxygen atoms in total. The summed E-state index contributed by atoms with van der Waals surface area (Å²) in [4.78, 5) is 4.06. The average Bonchev–Trinajstić information content (AvgIpc) is 2.97. The number of aromatic nitrogens is 1. The Bertz CT molecular complexity index is 859. The first-order valence-electron chi connectivity index (χ1n) is 16.7. The molecule has 0 fully saturated rings. The summed E-state index contributed by atoms with van der Waals surface area (Å²) in [7, 11) is 4.87. The highest BCUT2D eigenvalue weighted by molar-refractivity contribution is 5.69. The summed E-state index contributed by atoms with van der Waals surface area (Å²) >= 11 is 0. The fraction of sp³-hybridized carbons (Fsp3) is 0.649. The number of ether oxygens (including phenoxy) is 1. The molecule has 1 aromatic heterocycles. The maximum Gasteiger partial charge on any atom is 0.119 e. The van der Waals surface area contributed by atoms with Crippen LogP contribution < -0.4 is 4.74 Å². The fourth-order valence-electron chi connectivity index (χ4n) is 5.37. The largest absolute Gasteiger partial charge is 0.494 e. The minimum Gasteiger partial charge on any atom is -0.494 e. The lowest BCUT2D eigenvalue weighted by Gasteiger charge is -2.30. The summed E-state index contributed by atoms with van der Waals surface area (Å²) < 4.78 is 7.16. The predicted octanol–water partition coefficient (Wildman–Crippen LogP) is 10.7. The van der Waals surface area contributed by atoms with Crippen molar-refractivity contribution in [3.8, 4) is 5.75 Å². The zero-order chi connectivity index (χ0) is 28.6. The lowest BCUT2D eigenvalue weighted by Crippen LogP contribution is -2.41. The third-order valence-corrected chi connectivity index (χ3v) is 8.10. The Morgan fingerprint density at radius 3 is 1.48 bits per heavy atom. The molecule has 1 heterocycles. The Morgan fingerprint density at radius 2 is 0.975 bits per heavy atom. The monoisotopic (exact) mass is 549 g/mol. The van der Waals surface area contributed by atoms with E-state index < -0.39 is 0 Å². The number of benzene rings is 1. The van der Waals surface area contributed by atoms with Crippen molar-refractivity contribution in [2.75, 3.05) is 33.8 Å². The molecule has 1 aromatic carbocycles. The molecule has 2 rings (SSSR count). The van der Waals surface area contributed by atoms with Gasteiger partial charge >= 0.3 is 0 Å². The number of quaternary nitrogens is 1. The number of nitrogens with zero attached hydrogens (tertiary/aromatic N) is 2. The summed E-state index contributed by atoms with van der Waals surface area (Å²) in [6.45, 7) is 5.81. The van der Waals surface area contributed by atoms with Crippen LogP contribution in [0.1, 0.15) is 134 Å². The van der Waals surface area contributed by atoms with Gasteiger partial charge in [-0.1, -0.05) is 115 Å². The molecule has 3 heteroatoms. The minimum absolute atomic E-state index is 0.818. The first-order chi connectivity index (χ1) is 19.6. The van der Waals surface area contributed by atoms with E-state index in [0.717, 1.165) is 24.3 Å². The Hall–Kier alpha value is -2.13. The fourth-order valence-corrected chi connectivity index (χ4v) is 5.37. The van der Waals surface area contributed by atoms with Gasteiger partial charge in [-0.15, -0.1) is 0 Å². The van der Waals surface area contributed by atoms with Gasteiger partial charge in [0, 0.05) is 12.4 Å². The molecule has 0 saturated heterocycles. The second-order valence-corrected chi connectivity index (χ2v) is 12.4. The van der Waals surface area contributed by atoms with Crippen LogP contribution in [0.15, 0.2) is 48.8 Å². The van der Waals surface area contributed by atoms with Crippen LogP contribution in [-0.2, 0) is 0 Å². The van der Waals surface area contributed by atoms with Gasteiger partial charge in [-0.25, -0.2) is 0 Å². The van der Waals surface area contributed by atoms with Gasteiger partial charge in [0.05, 0.1) is 33.8 Å². The second-order valence-electron chi connectivity index (χ2n) is 12.4. The van der Waals surface area contributed by atoms with Gasteiger partial charge in [-0.2, -0.15) is 0 Å². The van der Waals surface area contributed by atoms with Crippen molar-refractivity contribution in [2.45, 2.75) is 122 Å². The zero-order valence-corrected chi connectivity index (χ0v) is 26.4. The van der Waals surface area contributed by atoms with Crippen molar-refractivity contribution >= 4 is 12.2 Å². The van der Waals surface area contributed by atoms with Gasteiger partial charge in [0.25, 0.3) is 0 Å². The summed E-state index contributed by atoms with van der Waals surface area (Å²) in [5, 5.41) is 0. The molecule has 0 radical (unpaired) electrons. The summed E-state index contributed by atoms with van der Waals surface area (Å²) in [5.74, 6) is 0.968. The molecule has 0 amide bonds. The van der Waals surface area contributed by atoms with Crippen molar-refractivity contribution in [1.82, 2.24) is 4.98 Å². The molecule has 0 atom stereocenters. The van der Waals surface area contributed by atoms with E-state index in [1.165, 1.54) is 132 Å². The molecule has 0 aliphatic carbocycles. The number of rotatable bonds is 25. The summed E-state index contributed by atoms with van der Waals surface area (Å²) in [6, 6.07) is 12.4. The first kappa shape index (κ1) is 34.1. The smallest absolute Gasteiger partial charge is 0.119 e. The molecular weight excluding hydrogens is 488 g/mol. The highest BCUT2D eigenvalue weighted by atomic mass is 16.5. The number of hydrogen-bond acceptors (Lipinski definition) is 2. The van der Waals surface area contributed by atoms with Crippen LogP contribution in [-0.4, -0.2) is 43.3 Å². The Morgan fingerprint density at radius 1 is 0.550 bits per heavy atom. The standard InChI is InChI=1S/C37H61N2O/c1-4-5-6-7-8-9-10-13-16-19-32-39(2,3)33-20-17-14-11-12-15-18-21-34-40-37-26-24-35(25-27-37)22-23-36-28-30-38-31-29-36/h22-31H,4-21,32-34H2,1-3H3/q+1/b23-22+. The molecule has 0 unspecified atom stereocenters. The minimum atomic E-state index is 0.818. The van der Waals surface area contributed by atoms with Gasteiger partial charge in [0.1, 0.15) is 5.75 Å². The molecule has 0 saturated carbocycles. The first-order valence-corrected chi connectivity index (χ1v) is 16.7. The van der Waals surface area contributed by atoms with Gasteiger partial charge in [-0.05, 0) is 67.5 Å². The van der Waals surface area contributed by atoms with E-state index >= 15 is 0 Å². The number of hydrogen-bond donors (Lipinski definition) is 0. The Labute approximate surface area is 248 Å². The quantitative estimate of drug-likeness (QED) is 0.0907. The maximum absolute atomic E-state index is 5.95. The predicted molar refractivity (Wildman–Crippen MR) is 176 cm³/mol. The number of pyridine rings is 1. The normalized spacial score (nSPS) is 11.9. The second kappa shape index (κ2) is 22.5. The SMILES string of the molecule is CCCCCCCCCCCC[N+](C)(C)CCCCCCCCCCOc1ccc(/C=C/c2ccncc2)cc1. The van der Waals surface area contributed by atoms with E-state index in [9.17, 15) is 0 Å². The van der Waals surface area contributed by atoms with E-state index in [4.69, 9.17) is 4.74 Å². The summed E-state index contributed by atoms with van der Waals surface area (Å²) in [5.41, 5.74) is 2.34. The lowest BCUT2D eigenvalue weighted by molar-refractivity contribution is -0.890. The summed E-state index contributed by atoms with van der Waals surface area (Å²) in [6.07, 6.45) is 32.9. The van der Waals surface area contributed by atoms with Crippen molar-refractivity contribution in [2.24, 2.45) is 0 Å². The van der Waals surface area contributed by atoms with E-state index in [2.05, 4.69) is 62.4 Å². The van der Waals surface area contributed by atoms with Crippen LogP contribution in [0.3, 0.4) is 0 Å². The molecule has 0 N–H and O–H groups in total. The molecule has 224 valence electrons. The highest BCUT2D eigenvalue weighted by Crippen LogP contribution is 2.16.